The number of carbonyl (C=O) groups excluding carboxylic acids is 3. The van der Waals surface area contributed by atoms with E-state index in [-0.39, 0.29) is 40.2 Å². The molecule has 0 saturated heterocycles. The number of thiophene rings is 1. The lowest BCUT2D eigenvalue weighted by atomic mass is 10.1. The van der Waals surface area contributed by atoms with Gasteiger partial charge in [0.25, 0.3) is 5.91 Å². The van der Waals surface area contributed by atoms with E-state index >= 15 is 0 Å². The molecule has 0 aliphatic rings. The predicted molar refractivity (Wildman–Crippen MR) is 104 cm³/mol. The summed E-state index contributed by atoms with van der Waals surface area (Å²) < 4.78 is 17.8. The van der Waals surface area contributed by atoms with E-state index in [4.69, 9.17) is 10.5 Å². The lowest BCUT2D eigenvalue weighted by molar-refractivity contribution is -0.115. The average Bonchev–Trinajstić information content (AvgIpc) is 2.93. The van der Waals surface area contributed by atoms with Gasteiger partial charge in [-0.15, -0.1) is 23.1 Å². The van der Waals surface area contributed by atoms with Gasteiger partial charge in [0, 0.05) is 17.1 Å². The lowest BCUT2D eigenvalue weighted by Crippen LogP contribution is -2.17. The standard InChI is InChI=1S/C18H19FN2O4S2/c1-3-25-18(24)15-10(2)14(16(20)23)17(27-15)21-13(22)8-9-26-12-6-4-11(19)5-7-12/h4-7H,3,8-9H2,1-2H3,(H2,20,23)(H,21,22). The maximum Gasteiger partial charge on any atom is 0.348 e. The van der Waals surface area contributed by atoms with Crippen LogP contribution in [0.3, 0.4) is 0 Å². The van der Waals surface area contributed by atoms with Crippen molar-refractivity contribution in [3.8, 4) is 0 Å². The van der Waals surface area contributed by atoms with Crippen molar-refractivity contribution in [1.82, 2.24) is 0 Å². The van der Waals surface area contributed by atoms with Crippen LogP contribution in [-0.2, 0) is 9.53 Å². The number of rotatable bonds is 8. The summed E-state index contributed by atoms with van der Waals surface area (Å²) in [5.41, 5.74) is 5.90. The number of anilines is 1. The number of carbonyl (C=O) groups is 3. The Balaban J connectivity index is 2.03. The zero-order chi connectivity index (χ0) is 20.0. The van der Waals surface area contributed by atoms with Gasteiger partial charge in [-0.1, -0.05) is 0 Å². The van der Waals surface area contributed by atoms with Crippen molar-refractivity contribution in [1.29, 1.82) is 0 Å². The molecule has 0 spiro atoms. The van der Waals surface area contributed by atoms with E-state index < -0.39 is 11.9 Å². The van der Waals surface area contributed by atoms with Crippen molar-refractivity contribution in [2.45, 2.75) is 25.2 Å². The highest BCUT2D eigenvalue weighted by Crippen LogP contribution is 2.33. The van der Waals surface area contributed by atoms with E-state index in [0.29, 0.717) is 11.3 Å². The van der Waals surface area contributed by atoms with Gasteiger partial charge in [-0.2, -0.15) is 0 Å². The number of nitrogens with one attached hydrogen (secondary N) is 1. The van der Waals surface area contributed by atoms with Crippen LogP contribution in [0.2, 0.25) is 0 Å². The van der Waals surface area contributed by atoms with E-state index in [1.165, 1.54) is 23.9 Å². The highest BCUT2D eigenvalue weighted by molar-refractivity contribution is 7.99. The summed E-state index contributed by atoms with van der Waals surface area (Å²) in [7, 11) is 0. The number of halogens is 1. The number of nitrogens with two attached hydrogens (primary N) is 1. The molecule has 0 aliphatic carbocycles. The minimum absolute atomic E-state index is 0.114. The number of esters is 1. The maximum absolute atomic E-state index is 12.9. The fraction of sp³-hybridized carbons (Fsp3) is 0.278. The zero-order valence-electron chi connectivity index (χ0n) is 14.8. The van der Waals surface area contributed by atoms with Crippen LogP contribution >= 0.6 is 23.1 Å². The minimum Gasteiger partial charge on any atom is -0.462 e. The molecule has 9 heteroatoms. The Morgan fingerprint density at radius 1 is 1.26 bits per heavy atom. The van der Waals surface area contributed by atoms with E-state index in [9.17, 15) is 18.8 Å². The monoisotopic (exact) mass is 410 g/mol. The zero-order valence-corrected chi connectivity index (χ0v) is 16.5. The van der Waals surface area contributed by atoms with Crippen LogP contribution in [0.25, 0.3) is 0 Å². The number of primary amides is 1. The van der Waals surface area contributed by atoms with Crippen LogP contribution in [0.5, 0.6) is 0 Å². The quantitative estimate of drug-likeness (QED) is 0.512. The molecule has 3 N–H and O–H groups in total. The van der Waals surface area contributed by atoms with Crippen LogP contribution in [0.15, 0.2) is 29.2 Å². The highest BCUT2D eigenvalue weighted by Gasteiger charge is 2.25. The van der Waals surface area contributed by atoms with Gasteiger partial charge in [-0.05, 0) is 43.7 Å². The summed E-state index contributed by atoms with van der Waals surface area (Å²) in [6.45, 7) is 3.46. The molecule has 1 aromatic heterocycles. The van der Waals surface area contributed by atoms with Gasteiger partial charge < -0.3 is 15.8 Å². The van der Waals surface area contributed by atoms with Gasteiger partial charge in [0.15, 0.2) is 0 Å². The summed E-state index contributed by atoms with van der Waals surface area (Å²) >= 11 is 2.38. The highest BCUT2D eigenvalue weighted by atomic mass is 32.2. The number of benzene rings is 1. The van der Waals surface area contributed by atoms with Crippen molar-refractivity contribution in [2.75, 3.05) is 17.7 Å². The van der Waals surface area contributed by atoms with Gasteiger partial charge >= 0.3 is 5.97 Å². The second kappa shape index (κ2) is 9.52. The van der Waals surface area contributed by atoms with Crippen LogP contribution in [-0.4, -0.2) is 30.1 Å². The summed E-state index contributed by atoms with van der Waals surface area (Å²) in [4.78, 5) is 37.0. The molecule has 1 heterocycles. The summed E-state index contributed by atoms with van der Waals surface area (Å²) in [5.74, 6) is -1.45. The molecule has 2 rings (SSSR count). The van der Waals surface area contributed by atoms with E-state index in [1.807, 2.05) is 0 Å². The molecule has 6 nitrogen and oxygen atoms in total. The first-order valence-electron chi connectivity index (χ1n) is 8.12. The lowest BCUT2D eigenvalue weighted by Gasteiger charge is -2.05. The molecule has 0 fully saturated rings. The number of hydrogen-bond acceptors (Lipinski definition) is 6. The first-order valence-corrected chi connectivity index (χ1v) is 9.92. The van der Waals surface area contributed by atoms with Crippen molar-refractivity contribution < 1.29 is 23.5 Å². The van der Waals surface area contributed by atoms with Gasteiger partial charge in [0.1, 0.15) is 15.7 Å². The number of ether oxygens (including phenoxy) is 1. The molecule has 0 radical (unpaired) electrons. The third-order valence-electron chi connectivity index (χ3n) is 3.52. The van der Waals surface area contributed by atoms with Gasteiger partial charge in [0.2, 0.25) is 5.91 Å². The molecule has 0 unspecified atom stereocenters. The van der Waals surface area contributed by atoms with E-state index in [2.05, 4.69) is 5.32 Å². The topological polar surface area (TPSA) is 98.5 Å². The van der Waals surface area contributed by atoms with E-state index in [0.717, 1.165) is 16.2 Å². The second-order valence-corrected chi connectivity index (χ2v) is 7.63. The molecule has 1 aromatic carbocycles. The Hall–Kier alpha value is -2.39. The van der Waals surface area contributed by atoms with Gasteiger partial charge in [-0.25, -0.2) is 9.18 Å². The smallest absolute Gasteiger partial charge is 0.348 e. The Kier molecular flexibility index (Phi) is 7.37. The summed E-state index contributed by atoms with van der Waals surface area (Å²) in [5, 5.41) is 2.88. The van der Waals surface area contributed by atoms with Crippen molar-refractivity contribution in [3.63, 3.8) is 0 Å². The number of amides is 2. The normalized spacial score (nSPS) is 10.5. The Bertz CT molecular complexity index is 850. The van der Waals surface area contributed by atoms with Crippen molar-refractivity contribution in [3.05, 3.63) is 46.1 Å². The van der Waals surface area contributed by atoms with E-state index in [1.54, 1.807) is 26.0 Å². The van der Waals surface area contributed by atoms with Crippen molar-refractivity contribution >= 4 is 45.9 Å². The number of hydrogen-bond donors (Lipinski definition) is 2. The van der Waals surface area contributed by atoms with Crippen LogP contribution in [0.4, 0.5) is 9.39 Å². The molecule has 0 atom stereocenters. The molecule has 2 aromatic rings. The van der Waals surface area contributed by atoms with Crippen LogP contribution in [0.1, 0.15) is 38.9 Å². The van der Waals surface area contributed by atoms with Crippen molar-refractivity contribution in [2.24, 2.45) is 5.73 Å². The maximum atomic E-state index is 12.9. The van der Waals surface area contributed by atoms with Crippen LogP contribution < -0.4 is 11.1 Å². The van der Waals surface area contributed by atoms with Crippen LogP contribution in [0, 0.1) is 12.7 Å². The first kappa shape index (κ1) is 20.9. The largest absolute Gasteiger partial charge is 0.462 e. The molecule has 0 bridgehead atoms. The SMILES string of the molecule is CCOC(=O)c1sc(NC(=O)CCSc2ccc(F)cc2)c(C(N)=O)c1C. The predicted octanol–water partition coefficient (Wildman–Crippen LogP) is 3.59. The average molecular weight is 410 g/mol. The summed E-state index contributed by atoms with van der Waals surface area (Å²) in [6.07, 6.45) is 0.173. The molecule has 27 heavy (non-hydrogen) atoms. The Morgan fingerprint density at radius 2 is 1.93 bits per heavy atom. The molecular formula is C18H19FN2O4S2. The first-order chi connectivity index (χ1) is 12.8. The molecule has 144 valence electrons. The Morgan fingerprint density at radius 3 is 2.52 bits per heavy atom. The third-order valence-corrected chi connectivity index (χ3v) is 5.72. The molecular weight excluding hydrogens is 391 g/mol. The van der Waals surface area contributed by atoms with Gasteiger partial charge in [-0.3, -0.25) is 9.59 Å². The third kappa shape index (κ3) is 5.54. The summed E-state index contributed by atoms with van der Waals surface area (Å²) in [6, 6.07) is 5.98. The fourth-order valence-corrected chi connectivity index (χ4v) is 4.24. The molecule has 0 aliphatic heterocycles. The second-order valence-electron chi connectivity index (χ2n) is 5.45. The fourth-order valence-electron chi connectivity index (χ4n) is 2.27. The van der Waals surface area contributed by atoms with Gasteiger partial charge in [0.05, 0.1) is 12.2 Å². The molecule has 2 amide bonds. The Labute approximate surface area is 164 Å². The molecule has 0 saturated carbocycles. The number of thioether (sulfide) groups is 1. The minimum atomic E-state index is -0.727.